The molecule has 0 saturated heterocycles. The van der Waals surface area contributed by atoms with Crippen LogP contribution in [0.25, 0.3) is 0 Å². The van der Waals surface area contributed by atoms with Crippen LogP contribution in [0.5, 0.6) is 0 Å². The number of nitrogens with two attached hydrogens (primary N) is 2. The molecule has 0 heterocycles. The van der Waals surface area contributed by atoms with Crippen LogP contribution in [0.4, 0.5) is 0 Å². The second-order valence-electron chi connectivity index (χ2n) is 16.4. The van der Waals surface area contributed by atoms with Gasteiger partial charge in [-0.2, -0.15) is 11.8 Å². The first-order valence-corrected chi connectivity index (χ1v) is 23.3. The molecule has 62 heavy (non-hydrogen) atoms. The molecule has 0 bridgehead atoms. The Morgan fingerprint density at radius 2 is 1.27 bits per heavy atom. The fraction of sp³-hybridized carbons (Fsp3) is 0.682. The van der Waals surface area contributed by atoms with Gasteiger partial charge in [0, 0.05) is 25.3 Å². The van der Waals surface area contributed by atoms with Crippen molar-refractivity contribution in [2.24, 2.45) is 17.4 Å². The zero-order valence-electron chi connectivity index (χ0n) is 37.0. The van der Waals surface area contributed by atoms with E-state index in [2.05, 4.69) is 26.6 Å². The largest absolute Gasteiger partial charge is 0.480 e. The molecule has 0 spiro atoms. The zero-order valence-corrected chi connectivity index (χ0v) is 37.9. The molecule has 18 heteroatoms. The van der Waals surface area contributed by atoms with Gasteiger partial charge in [0.1, 0.15) is 30.5 Å². The normalized spacial score (nSPS) is 14.6. The first-order chi connectivity index (χ1) is 29.5. The van der Waals surface area contributed by atoms with E-state index in [0.717, 1.165) is 56.8 Å². The van der Waals surface area contributed by atoms with Crippen LogP contribution < -0.4 is 38.1 Å². The standard InChI is InChI=1S/C44H73N7O10S/c1-29(2)26-35(41(57)49-34(40(46)56)27-31-18-12-11-13-19-31)50-43(59)39(30(3)53)51-38(55)22-16-9-5-7-14-20-32(21-15-8-6-10-17-24-52)47-36(28-37(45)54)42(58)48-33(44(60)61)23-25-62-4/h11-13,18-19,24,29-30,32-36,39,47,53H,5-10,14-17,20-23,25-28H2,1-4H3,(H2,45,54)(H2,46,56)(H,48,58)(H,49,57)(H,50,59)(H,51,55)(H,60,61)/t30-,32?,33-,34-,35-,36-,39-/m0/s1. The minimum atomic E-state index is -1.33. The van der Waals surface area contributed by atoms with Gasteiger partial charge in [0.25, 0.3) is 0 Å². The smallest absolute Gasteiger partial charge is 0.326 e. The Morgan fingerprint density at radius 3 is 1.82 bits per heavy atom. The van der Waals surface area contributed by atoms with Gasteiger partial charge in [-0.3, -0.25) is 28.8 Å². The predicted molar refractivity (Wildman–Crippen MR) is 239 cm³/mol. The van der Waals surface area contributed by atoms with Gasteiger partial charge >= 0.3 is 5.97 Å². The number of rotatable bonds is 36. The fourth-order valence-electron chi connectivity index (χ4n) is 6.93. The number of unbranched alkanes of at least 4 members (excludes halogenated alkanes) is 8. The third-order valence-corrected chi connectivity index (χ3v) is 11.0. The molecule has 1 unspecified atom stereocenters. The molecule has 1 aromatic carbocycles. The highest BCUT2D eigenvalue weighted by Crippen LogP contribution is 2.16. The number of primary amides is 2. The molecule has 0 aromatic heterocycles. The molecule has 6 amide bonds. The van der Waals surface area contributed by atoms with E-state index in [4.69, 9.17) is 11.5 Å². The molecule has 350 valence electrons. The first kappa shape index (κ1) is 55.5. The summed E-state index contributed by atoms with van der Waals surface area (Å²) in [5.74, 6) is -4.49. The van der Waals surface area contributed by atoms with Crippen molar-refractivity contribution in [3.63, 3.8) is 0 Å². The summed E-state index contributed by atoms with van der Waals surface area (Å²) in [6.45, 7) is 5.10. The molecule has 0 radical (unpaired) electrons. The van der Waals surface area contributed by atoms with Crippen molar-refractivity contribution in [3.8, 4) is 0 Å². The number of amides is 6. The summed E-state index contributed by atoms with van der Waals surface area (Å²) in [4.78, 5) is 99.6. The quantitative estimate of drug-likeness (QED) is 0.0347. The van der Waals surface area contributed by atoms with Gasteiger partial charge < -0.3 is 53.1 Å². The Hall–Kier alpha value is -4.55. The van der Waals surface area contributed by atoms with E-state index in [1.807, 2.05) is 26.2 Å². The molecular formula is C44H73N7O10S. The molecule has 0 aliphatic rings. The number of aldehydes is 1. The number of aliphatic carboxylic acids is 1. The van der Waals surface area contributed by atoms with Gasteiger partial charge in [0.2, 0.25) is 35.4 Å². The Balaban J connectivity index is 2.78. The summed E-state index contributed by atoms with van der Waals surface area (Å²) < 4.78 is 0. The lowest BCUT2D eigenvalue weighted by Crippen LogP contribution is -2.59. The molecule has 0 fully saturated rings. The number of carboxylic acids is 1. The van der Waals surface area contributed by atoms with Crippen molar-refractivity contribution < 1.29 is 48.6 Å². The Kier molecular flexibility index (Phi) is 28.8. The second kappa shape index (κ2) is 32.2. The van der Waals surface area contributed by atoms with E-state index >= 15 is 0 Å². The van der Waals surface area contributed by atoms with E-state index in [-0.39, 0.29) is 44.1 Å². The van der Waals surface area contributed by atoms with E-state index in [1.165, 1.54) is 18.7 Å². The second-order valence-corrected chi connectivity index (χ2v) is 17.3. The summed E-state index contributed by atoms with van der Waals surface area (Å²) in [6.07, 6.45) is 10.7. The van der Waals surface area contributed by atoms with Crippen molar-refractivity contribution in [2.75, 3.05) is 12.0 Å². The molecule has 1 rings (SSSR count). The van der Waals surface area contributed by atoms with E-state index in [9.17, 15) is 48.6 Å². The fourth-order valence-corrected chi connectivity index (χ4v) is 7.40. The summed E-state index contributed by atoms with van der Waals surface area (Å²) in [7, 11) is 0. The SMILES string of the molecule is CSCC[C@H](NC(=O)[C@H](CC(N)=O)NC(CCCCCCC=O)CCCCCCCC(=O)N[C@H](C(=O)N[C@@H](CC(C)C)C(=O)N[C@@H](Cc1ccccc1)C(N)=O)[C@H](C)O)C(=O)O. The van der Waals surface area contributed by atoms with E-state index < -0.39 is 77.7 Å². The monoisotopic (exact) mass is 892 g/mol. The van der Waals surface area contributed by atoms with Crippen molar-refractivity contribution in [1.82, 2.24) is 26.6 Å². The molecule has 0 saturated carbocycles. The predicted octanol–water partition coefficient (Wildman–Crippen LogP) is 2.39. The van der Waals surface area contributed by atoms with Gasteiger partial charge in [-0.05, 0) is 68.9 Å². The van der Waals surface area contributed by atoms with Gasteiger partial charge in [-0.25, -0.2) is 4.79 Å². The lowest BCUT2D eigenvalue weighted by molar-refractivity contribution is -0.142. The van der Waals surface area contributed by atoms with Crippen molar-refractivity contribution in [3.05, 3.63) is 35.9 Å². The average Bonchev–Trinajstić information content (AvgIpc) is 3.20. The number of nitrogens with one attached hydrogen (secondary N) is 5. The number of thioether (sulfide) groups is 1. The summed E-state index contributed by atoms with van der Waals surface area (Å²) in [6, 6.07) is 3.35. The summed E-state index contributed by atoms with van der Waals surface area (Å²) in [5, 5.41) is 33.8. The highest BCUT2D eigenvalue weighted by atomic mass is 32.2. The molecule has 0 aliphatic heterocycles. The summed E-state index contributed by atoms with van der Waals surface area (Å²) in [5.41, 5.74) is 11.9. The number of hydrogen-bond acceptors (Lipinski definition) is 11. The van der Waals surface area contributed by atoms with Gasteiger partial charge in [0.15, 0.2) is 0 Å². The van der Waals surface area contributed by atoms with Crippen LogP contribution in [0.15, 0.2) is 30.3 Å². The van der Waals surface area contributed by atoms with Crippen molar-refractivity contribution in [2.45, 2.75) is 172 Å². The van der Waals surface area contributed by atoms with Crippen molar-refractivity contribution >= 4 is 59.5 Å². The van der Waals surface area contributed by atoms with Crippen LogP contribution in [0, 0.1) is 5.92 Å². The van der Waals surface area contributed by atoms with Crippen LogP contribution in [0.3, 0.4) is 0 Å². The number of hydrogen-bond donors (Lipinski definition) is 9. The Labute approximate surface area is 371 Å². The number of carbonyl (C=O) groups excluding carboxylic acids is 7. The number of carboxylic acid groups (broad SMARTS) is 1. The lowest BCUT2D eigenvalue weighted by Gasteiger charge is -2.27. The Morgan fingerprint density at radius 1 is 0.710 bits per heavy atom. The van der Waals surface area contributed by atoms with Crippen LogP contribution >= 0.6 is 11.8 Å². The third-order valence-electron chi connectivity index (χ3n) is 10.3. The highest BCUT2D eigenvalue weighted by molar-refractivity contribution is 7.98. The Bertz CT molecular complexity index is 1530. The maximum atomic E-state index is 13.4. The van der Waals surface area contributed by atoms with Crippen LogP contribution in [0.2, 0.25) is 0 Å². The van der Waals surface area contributed by atoms with E-state index in [0.29, 0.717) is 37.9 Å². The van der Waals surface area contributed by atoms with Gasteiger partial charge in [-0.15, -0.1) is 0 Å². The zero-order chi connectivity index (χ0) is 46.5. The molecule has 0 aliphatic carbocycles. The maximum Gasteiger partial charge on any atom is 0.326 e. The molecule has 17 nitrogen and oxygen atoms in total. The third kappa shape index (κ3) is 24.8. The maximum absolute atomic E-state index is 13.4. The molecule has 11 N–H and O–H groups in total. The lowest BCUT2D eigenvalue weighted by atomic mass is 9.98. The topological polar surface area (TPSA) is 289 Å². The van der Waals surface area contributed by atoms with Crippen LogP contribution in [-0.2, 0) is 44.8 Å². The van der Waals surface area contributed by atoms with Crippen molar-refractivity contribution in [1.29, 1.82) is 0 Å². The number of carbonyl (C=O) groups is 8. The van der Waals surface area contributed by atoms with Crippen LogP contribution in [-0.4, -0.2) is 112 Å². The van der Waals surface area contributed by atoms with Gasteiger partial charge in [-0.1, -0.05) is 89.1 Å². The minimum absolute atomic E-state index is 0.0304. The van der Waals surface area contributed by atoms with Gasteiger partial charge in [0.05, 0.1) is 18.6 Å². The highest BCUT2D eigenvalue weighted by Gasteiger charge is 2.32. The summed E-state index contributed by atoms with van der Waals surface area (Å²) >= 11 is 1.46. The van der Waals surface area contributed by atoms with Crippen LogP contribution in [0.1, 0.15) is 129 Å². The first-order valence-electron chi connectivity index (χ1n) is 21.9. The minimum Gasteiger partial charge on any atom is -0.480 e. The molecule has 1 aromatic rings. The number of benzene rings is 1. The number of aliphatic hydroxyl groups is 1. The molecule has 7 atom stereocenters. The van der Waals surface area contributed by atoms with E-state index in [1.54, 1.807) is 24.3 Å². The molecular weight excluding hydrogens is 819 g/mol. The number of aliphatic hydroxyl groups excluding tert-OH is 1. The average molecular weight is 892 g/mol.